The number of nitrogens with zero attached hydrogens (tertiary/aromatic N) is 1. The minimum absolute atomic E-state index is 0.301. The molecule has 88 valence electrons. The van der Waals surface area contributed by atoms with Crippen LogP contribution in [0.15, 0.2) is 66.0 Å². The van der Waals surface area contributed by atoms with Gasteiger partial charge in [-0.1, -0.05) is 30.4 Å². The van der Waals surface area contributed by atoms with Gasteiger partial charge in [-0.25, -0.2) is 0 Å². The van der Waals surface area contributed by atoms with Gasteiger partial charge in [0.2, 0.25) is 0 Å². The molecule has 1 aromatic rings. The quantitative estimate of drug-likeness (QED) is 0.742. The number of nitrogens with one attached hydrogen (secondary N) is 1. The molecule has 0 saturated carbocycles. The van der Waals surface area contributed by atoms with E-state index < -0.39 is 0 Å². The Labute approximate surface area is 107 Å². The lowest BCUT2D eigenvalue weighted by atomic mass is 9.88. The number of hydrogen-bond donors (Lipinski definition) is 1. The SMILES string of the molecule is CN1C=CC=C2C1=CC=C1c3ccccc3NC21. The second-order valence-electron chi connectivity index (χ2n) is 4.87. The first-order valence-corrected chi connectivity index (χ1v) is 6.24. The van der Waals surface area contributed by atoms with Gasteiger partial charge in [0.05, 0.1) is 6.04 Å². The van der Waals surface area contributed by atoms with Gasteiger partial charge in [0.15, 0.2) is 0 Å². The maximum Gasteiger partial charge on any atom is 0.0794 e. The van der Waals surface area contributed by atoms with E-state index in [-0.39, 0.29) is 0 Å². The number of anilines is 1. The highest BCUT2D eigenvalue weighted by atomic mass is 15.1. The van der Waals surface area contributed by atoms with E-state index in [0.29, 0.717) is 6.04 Å². The molecular weight excluding hydrogens is 220 g/mol. The van der Waals surface area contributed by atoms with Crippen molar-refractivity contribution in [3.63, 3.8) is 0 Å². The molecule has 0 bridgehead atoms. The van der Waals surface area contributed by atoms with Gasteiger partial charge >= 0.3 is 0 Å². The van der Waals surface area contributed by atoms with Crippen molar-refractivity contribution in [3.05, 3.63) is 71.6 Å². The van der Waals surface area contributed by atoms with E-state index in [1.165, 1.54) is 28.1 Å². The molecule has 0 aromatic heterocycles. The van der Waals surface area contributed by atoms with E-state index in [0.717, 1.165) is 0 Å². The summed E-state index contributed by atoms with van der Waals surface area (Å²) in [7, 11) is 2.09. The summed E-state index contributed by atoms with van der Waals surface area (Å²) in [5.41, 5.74) is 6.59. The van der Waals surface area contributed by atoms with E-state index in [9.17, 15) is 0 Å². The van der Waals surface area contributed by atoms with E-state index in [1.807, 2.05) is 0 Å². The molecule has 0 radical (unpaired) electrons. The fourth-order valence-corrected chi connectivity index (χ4v) is 2.95. The van der Waals surface area contributed by atoms with Gasteiger partial charge in [-0.05, 0) is 23.8 Å². The average molecular weight is 234 g/mol. The lowest BCUT2D eigenvalue weighted by Crippen LogP contribution is -2.28. The van der Waals surface area contributed by atoms with Crippen molar-refractivity contribution in [3.8, 4) is 0 Å². The maximum absolute atomic E-state index is 3.62. The summed E-state index contributed by atoms with van der Waals surface area (Å²) in [6.07, 6.45) is 10.9. The normalized spacial score (nSPS) is 23.3. The topological polar surface area (TPSA) is 15.3 Å². The number of hydrogen-bond acceptors (Lipinski definition) is 2. The van der Waals surface area contributed by atoms with Gasteiger partial charge in [-0.2, -0.15) is 0 Å². The molecule has 1 unspecified atom stereocenters. The number of fused-ring (bicyclic) bond motifs is 5. The smallest absolute Gasteiger partial charge is 0.0794 e. The number of likely N-dealkylation sites (N-methyl/N-ethyl adjacent to an activating group) is 1. The van der Waals surface area contributed by atoms with Crippen LogP contribution in [0.25, 0.3) is 5.57 Å². The van der Waals surface area contributed by atoms with Crippen molar-refractivity contribution in [2.75, 3.05) is 12.4 Å². The largest absolute Gasteiger partial charge is 0.374 e. The van der Waals surface area contributed by atoms with Crippen molar-refractivity contribution < 1.29 is 0 Å². The van der Waals surface area contributed by atoms with Gasteiger partial charge in [0, 0.05) is 35.8 Å². The van der Waals surface area contributed by atoms with Crippen LogP contribution in [0.5, 0.6) is 0 Å². The van der Waals surface area contributed by atoms with Crippen LogP contribution in [0.1, 0.15) is 5.56 Å². The molecule has 4 rings (SSSR count). The Bertz CT molecular complexity index is 647. The first kappa shape index (κ1) is 9.77. The molecular formula is C16H14N2. The van der Waals surface area contributed by atoms with Crippen molar-refractivity contribution in [2.45, 2.75) is 6.04 Å². The van der Waals surface area contributed by atoms with Crippen molar-refractivity contribution in [1.29, 1.82) is 0 Å². The van der Waals surface area contributed by atoms with Crippen LogP contribution in [0.3, 0.4) is 0 Å². The second-order valence-corrected chi connectivity index (χ2v) is 4.87. The standard InChI is InChI=1S/C16H14N2/c1-18-10-4-6-13-15(18)9-8-12-11-5-2-3-7-14(11)17-16(12)13/h2-10,16-17H,1H3. The van der Waals surface area contributed by atoms with Crippen molar-refractivity contribution in [1.82, 2.24) is 4.90 Å². The molecule has 3 aliphatic rings. The highest BCUT2D eigenvalue weighted by Crippen LogP contribution is 2.43. The Balaban J connectivity index is 1.88. The summed E-state index contributed by atoms with van der Waals surface area (Å²) in [6, 6.07) is 8.83. The molecule has 0 saturated heterocycles. The molecule has 1 atom stereocenters. The summed E-state index contributed by atoms with van der Waals surface area (Å²) in [5.74, 6) is 0. The molecule has 1 aliphatic carbocycles. The van der Waals surface area contributed by atoms with Gasteiger partial charge in [-0.15, -0.1) is 0 Å². The highest BCUT2D eigenvalue weighted by Gasteiger charge is 2.33. The van der Waals surface area contributed by atoms with Crippen LogP contribution in [0.4, 0.5) is 5.69 Å². The Morgan fingerprint density at radius 2 is 1.94 bits per heavy atom. The molecule has 1 N–H and O–H groups in total. The van der Waals surface area contributed by atoms with Crippen LogP contribution in [0.2, 0.25) is 0 Å². The molecule has 18 heavy (non-hydrogen) atoms. The van der Waals surface area contributed by atoms with Gasteiger partial charge in [-0.3, -0.25) is 0 Å². The molecule has 1 aromatic carbocycles. The van der Waals surface area contributed by atoms with Crippen LogP contribution in [-0.4, -0.2) is 18.0 Å². The molecule has 2 heteroatoms. The number of rotatable bonds is 0. The first-order valence-electron chi connectivity index (χ1n) is 6.24. The molecule has 0 amide bonds. The predicted molar refractivity (Wildman–Crippen MR) is 74.9 cm³/mol. The first-order chi connectivity index (χ1) is 8.84. The zero-order chi connectivity index (χ0) is 12.1. The number of benzene rings is 1. The minimum atomic E-state index is 0.301. The van der Waals surface area contributed by atoms with E-state index in [2.05, 4.69) is 72.0 Å². The fraction of sp³-hybridized carbons (Fsp3) is 0.125. The third-order valence-electron chi connectivity index (χ3n) is 3.84. The van der Waals surface area contributed by atoms with Crippen LogP contribution >= 0.6 is 0 Å². The predicted octanol–water partition coefficient (Wildman–Crippen LogP) is 3.15. The van der Waals surface area contributed by atoms with Gasteiger partial charge < -0.3 is 10.2 Å². The second kappa shape index (κ2) is 3.39. The summed E-state index contributed by atoms with van der Waals surface area (Å²) in [4.78, 5) is 2.17. The molecule has 2 nitrogen and oxygen atoms in total. The highest BCUT2D eigenvalue weighted by molar-refractivity contribution is 5.92. The Morgan fingerprint density at radius 1 is 1.06 bits per heavy atom. The lowest BCUT2D eigenvalue weighted by Gasteiger charge is -2.30. The Kier molecular flexibility index (Phi) is 1.84. The van der Waals surface area contributed by atoms with Crippen molar-refractivity contribution >= 4 is 11.3 Å². The third-order valence-corrected chi connectivity index (χ3v) is 3.84. The Morgan fingerprint density at radius 3 is 2.89 bits per heavy atom. The summed E-state index contributed by atoms with van der Waals surface area (Å²) in [6.45, 7) is 0. The zero-order valence-corrected chi connectivity index (χ0v) is 10.2. The molecule has 0 fully saturated rings. The lowest BCUT2D eigenvalue weighted by molar-refractivity contribution is 0.565. The maximum atomic E-state index is 3.62. The zero-order valence-electron chi connectivity index (χ0n) is 10.2. The Hall–Kier alpha value is -2.22. The average Bonchev–Trinajstić information content (AvgIpc) is 2.78. The molecule has 2 heterocycles. The summed E-state index contributed by atoms with van der Waals surface area (Å²) in [5, 5.41) is 3.62. The van der Waals surface area contributed by atoms with Crippen LogP contribution in [0, 0.1) is 0 Å². The monoisotopic (exact) mass is 234 g/mol. The molecule has 2 aliphatic heterocycles. The minimum Gasteiger partial charge on any atom is -0.374 e. The number of para-hydroxylation sites is 1. The third kappa shape index (κ3) is 1.17. The van der Waals surface area contributed by atoms with Crippen LogP contribution in [-0.2, 0) is 0 Å². The van der Waals surface area contributed by atoms with E-state index >= 15 is 0 Å². The summed E-state index contributed by atoms with van der Waals surface area (Å²) >= 11 is 0. The van der Waals surface area contributed by atoms with Crippen molar-refractivity contribution in [2.24, 2.45) is 0 Å². The summed E-state index contributed by atoms with van der Waals surface area (Å²) < 4.78 is 0. The molecule has 0 spiro atoms. The van der Waals surface area contributed by atoms with Gasteiger partial charge in [0.1, 0.15) is 0 Å². The fourth-order valence-electron chi connectivity index (χ4n) is 2.95. The van der Waals surface area contributed by atoms with E-state index in [4.69, 9.17) is 0 Å². The van der Waals surface area contributed by atoms with Gasteiger partial charge in [0.25, 0.3) is 0 Å². The number of allylic oxidation sites excluding steroid dienone is 4. The van der Waals surface area contributed by atoms with E-state index in [1.54, 1.807) is 0 Å². The van der Waals surface area contributed by atoms with Crippen LogP contribution < -0.4 is 5.32 Å².